The zero-order chi connectivity index (χ0) is 15.9. The number of ether oxygens (including phenoxy) is 1. The normalized spacial score (nSPS) is 10.5. The Morgan fingerprint density at radius 2 is 2.23 bits per heavy atom. The summed E-state index contributed by atoms with van der Waals surface area (Å²) in [6, 6.07) is 8.56. The van der Waals surface area contributed by atoms with Crippen molar-refractivity contribution < 1.29 is 13.9 Å². The van der Waals surface area contributed by atoms with Crippen LogP contribution in [-0.4, -0.2) is 18.1 Å². The highest BCUT2D eigenvalue weighted by Crippen LogP contribution is 2.27. The molecule has 2 aromatic rings. The molecular formula is C15H13ClN2O3S. The molecule has 5 nitrogen and oxygen atoms in total. The predicted octanol–water partition coefficient (Wildman–Crippen LogP) is 3.47. The minimum Gasteiger partial charge on any atom is -0.495 e. The van der Waals surface area contributed by atoms with Crippen molar-refractivity contribution in [3.63, 3.8) is 0 Å². The first-order chi connectivity index (χ1) is 10.6. The molecule has 0 unspecified atom stereocenters. The highest BCUT2D eigenvalue weighted by atomic mass is 35.5. The van der Waals surface area contributed by atoms with Crippen LogP contribution in [0.1, 0.15) is 5.76 Å². The molecule has 0 fully saturated rings. The molecule has 0 aliphatic heterocycles. The number of thiocarbonyl (C=S) groups is 1. The van der Waals surface area contributed by atoms with E-state index in [1.807, 2.05) is 0 Å². The number of carbonyl (C=O) groups is 1. The number of rotatable bonds is 4. The average Bonchev–Trinajstić information content (AvgIpc) is 2.98. The first kappa shape index (κ1) is 16.1. The van der Waals surface area contributed by atoms with E-state index in [4.69, 9.17) is 33.0 Å². The Bertz CT molecular complexity index is 699. The molecule has 0 aliphatic rings. The van der Waals surface area contributed by atoms with Gasteiger partial charge in [0, 0.05) is 11.8 Å². The summed E-state index contributed by atoms with van der Waals surface area (Å²) < 4.78 is 10.1. The molecule has 0 atom stereocenters. The van der Waals surface area contributed by atoms with Crippen LogP contribution in [-0.2, 0) is 4.79 Å². The van der Waals surface area contributed by atoms with Crippen molar-refractivity contribution in [3.05, 3.63) is 53.5 Å². The number of benzene rings is 1. The number of carbonyl (C=O) groups excluding carboxylic acids is 1. The zero-order valence-electron chi connectivity index (χ0n) is 11.6. The van der Waals surface area contributed by atoms with Crippen LogP contribution in [0.3, 0.4) is 0 Å². The van der Waals surface area contributed by atoms with Crippen molar-refractivity contribution in [3.8, 4) is 5.75 Å². The monoisotopic (exact) mass is 336 g/mol. The van der Waals surface area contributed by atoms with E-state index >= 15 is 0 Å². The average molecular weight is 337 g/mol. The van der Waals surface area contributed by atoms with Crippen molar-refractivity contribution in [1.29, 1.82) is 0 Å². The lowest BCUT2D eigenvalue weighted by Crippen LogP contribution is -2.32. The number of halogens is 1. The van der Waals surface area contributed by atoms with Gasteiger partial charge in [-0.1, -0.05) is 11.6 Å². The van der Waals surface area contributed by atoms with Gasteiger partial charge in [0.1, 0.15) is 11.5 Å². The summed E-state index contributed by atoms with van der Waals surface area (Å²) >= 11 is 11.1. The molecule has 0 saturated heterocycles. The van der Waals surface area contributed by atoms with Crippen molar-refractivity contribution in [1.82, 2.24) is 5.32 Å². The van der Waals surface area contributed by atoms with Crippen LogP contribution in [0.25, 0.3) is 6.08 Å². The van der Waals surface area contributed by atoms with Gasteiger partial charge >= 0.3 is 0 Å². The van der Waals surface area contributed by atoms with Gasteiger partial charge in [0.05, 0.1) is 18.4 Å². The van der Waals surface area contributed by atoms with Crippen molar-refractivity contribution in [2.75, 3.05) is 12.4 Å². The maximum absolute atomic E-state index is 11.7. The van der Waals surface area contributed by atoms with E-state index in [9.17, 15) is 4.79 Å². The summed E-state index contributed by atoms with van der Waals surface area (Å²) in [5.41, 5.74) is 0.645. The molecule has 2 rings (SSSR count). The maximum atomic E-state index is 11.7. The van der Waals surface area contributed by atoms with E-state index < -0.39 is 0 Å². The van der Waals surface area contributed by atoms with Gasteiger partial charge in [0.2, 0.25) is 5.91 Å². The van der Waals surface area contributed by atoms with Crippen LogP contribution in [0.4, 0.5) is 5.69 Å². The number of anilines is 1. The Morgan fingerprint density at radius 1 is 1.41 bits per heavy atom. The molecule has 0 bridgehead atoms. The van der Waals surface area contributed by atoms with E-state index in [0.717, 1.165) is 0 Å². The van der Waals surface area contributed by atoms with Gasteiger partial charge in [-0.15, -0.1) is 0 Å². The summed E-state index contributed by atoms with van der Waals surface area (Å²) in [6.45, 7) is 0. The Kier molecular flexibility index (Phi) is 5.57. The first-order valence-corrected chi connectivity index (χ1v) is 7.04. The quantitative estimate of drug-likeness (QED) is 0.661. The third kappa shape index (κ3) is 4.61. The molecule has 7 heteroatoms. The first-order valence-electron chi connectivity index (χ1n) is 6.25. The minimum atomic E-state index is -0.367. The number of hydrogen-bond acceptors (Lipinski definition) is 4. The molecule has 22 heavy (non-hydrogen) atoms. The molecular weight excluding hydrogens is 324 g/mol. The molecule has 1 amide bonds. The SMILES string of the molecule is COc1ccc(NC(=S)NC(=O)C=Cc2ccco2)cc1Cl. The number of hydrogen-bond donors (Lipinski definition) is 2. The van der Waals surface area contributed by atoms with E-state index in [0.29, 0.717) is 22.2 Å². The van der Waals surface area contributed by atoms with Crippen LogP contribution in [0.2, 0.25) is 5.02 Å². The van der Waals surface area contributed by atoms with Crippen LogP contribution in [0.15, 0.2) is 47.1 Å². The van der Waals surface area contributed by atoms with Crippen LogP contribution >= 0.6 is 23.8 Å². The largest absolute Gasteiger partial charge is 0.495 e. The molecule has 2 N–H and O–H groups in total. The van der Waals surface area contributed by atoms with Gasteiger partial charge in [0.15, 0.2) is 5.11 Å². The van der Waals surface area contributed by atoms with Crippen molar-refractivity contribution >= 4 is 46.6 Å². The lowest BCUT2D eigenvalue weighted by Gasteiger charge is -2.10. The molecule has 114 valence electrons. The van der Waals surface area contributed by atoms with Crippen LogP contribution < -0.4 is 15.4 Å². The Balaban J connectivity index is 1.89. The second kappa shape index (κ2) is 7.63. The fourth-order valence-corrected chi connectivity index (χ4v) is 2.08. The molecule has 0 aliphatic carbocycles. The van der Waals surface area contributed by atoms with Gasteiger partial charge in [-0.05, 0) is 48.6 Å². The van der Waals surface area contributed by atoms with Crippen LogP contribution in [0.5, 0.6) is 5.75 Å². The van der Waals surface area contributed by atoms with E-state index in [1.54, 1.807) is 36.4 Å². The number of furan rings is 1. The Labute approximate surface area is 137 Å². The van der Waals surface area contributed by atoms with Crippen molar-refractivity contribution in [2.45, 2.75) is 0 Å². The highest BCUT2D eigenvalue weighted by molar-refractivity contribution is 7.80. The molecule has 1 aromatic carbocycles. The second-order valence-corrected chi connectivity index (χ2v) is 4.96. The minimum absolute atomic E-state index is 0.162. The molecule has 0 spiro atoms. The van der Waals surface area contributed by atoms with Gasteiger partial charge < -0.3 is 14.5 Å². The van der Waals surface area contributed by atoms with Gasteiger partial charge in [-0.3, -0.25) is 10.1 Å². The molecule has 0 radical (unpaired) electrons. The Hall–Kier alpha value is -2.31. The smallest absolute Gasteiger partial charge is 0.250 e. The lowest BCUT2D eigenvalue weighted by atomic mass is 10.3. The van der Waals surface area contributed by atoms with E-state index in [-0.39, 0.29) is 11.0 Å². The standard InChI is InChI=1S/C15H13ClN2O3S/c1-20-13-6-4-10(9-12(13)16)17-15(22)18-14(19)7-5-11-3-2-8-21-11/h2-9H,1H3,(H2,17,18,19,22). The molecule has 0 saturated carbocycles. The number of methoxy groups -OCH3 is 1. The van der Waals surface area contributed by atoms with E-state index in [1.165, 1.54) is 19.4 Å². The fraction of sp³-hybridized carbons (Fsp3) is 0.0667. The summed E-state index contributed by atoms with van der Waals surface area (Å²) in [7, 11) is 1.53. The summed E-state index contributed by atoms with van der Waals surface area (Å²) in [6.07, 6.45) is 4.40. The molecule has 1 aromatic heterocycles. The lowest BCUT2D eigenvalue weighted by molar-refractivity contribution is -0.115. The maximum Gasteiger partial charge on any atom is 0.250 e. The Morgan fingerprint density at radius 3 is 2.86 bits per heavy atom. The highest BCUT2D eigenvalue weighted by Gasteiger charge is 2.05. The molecule has 1 heterocycles. The van der Waals surface area contributed by atoms with Crippen molar-refractivity contribution in [2.24, 2.45) is 0 Å². The number of nitrogens with one attached hydrogen (secondary N) is 2. The third-order valence-electron chi connectivity index (χ3n) is 2.59. The van der Waals surface area contributed by atoms with Gasteiger partial charge in [0.25, 0.3) is 0 Å². The topological polar surface area (TPSA) is 63.5 Å². The summed E-state index contributed by atoms with van der Waals surface area (Å²) in [4.78, 5) is 11.7. The van der Waals surface area contributed by atoms with Gasteiger partial charge in [-0.2, -0.15) is 0 Å². The summed E-state index contributed by atoms with van der Waals surface area (Å²) in [5.74, 6) is 0.771. The predicted molar refractivity (Wildman–Crippen MR) is 90.1 cm³/mol. The number of amides is 1. The second-order valence-electron chi connectivity index (χ2n) is 4.14. The third-order valence-corrected chi connectivity index (χ3v) is 3.09. The zero-order valence-corrected chi connectivity index (χ0v) is 13.2. The van der Waals surface area contributed by atoms with Crippen LogP contribution in [0, 0.1) is 0 Å². The fourth-order valence-electron chi connectivity index (χ4n) is 1.60. The van der Waals surface area contributed by atoms with E-state index in [2.05, 4.69) is 10.6 Å². The van der Waals surface area contributed by atoms with Gasteiger partial charge in [-0.25, -0.2) is 0 Å². The summed E-state index contributed by atoms with van der Waals surface area (Å²) in [5, 5.41) is 5.98.